The molecule has 1 aliphatic carbocycles. The molecule has 1 aliphatic heterocycles. The number of benzene rings is 2. The van der Waals surface area contributed by atoms with Crippen LogP contribution in [0.3, 0.4) is 0 Å². The number of nitrogens with one attached hydrogen (secondary N) is 1. The van der Waals surface area contributed by atoms with Gasteiger partial charge in [-0.2, -0.15) is 5.10 Å². The van der Waals surface area contributed by atoms with Crippen LogP contribution in [0.5, 0.6) is 17.2 Å². The predicted molar refractivity (Wildman–Crippen MR) is 134 cm³/mol. The van der Waals surface area contributed by atoms with Gasteiger partial charge < -0.3 is 24.4 Å². The normalized spacial score (nSPS) is 17.2. The lowest BCUT2D eigenvalue weighted by Crippen LogP contribution is -2.42. The lowest BCUT2D eigenvalue weighted by molar-refractivity contribution is -0.274. The Morgan fingerprint density at radius 1 is 1.00 bits per heavy atom. The van der Waals surface area contributed by atoms with E-state index in [2.05, 4.69) is 15.2 Å². The van der Waals surface area contributed by atoms with E-state index in [9.17, 15) is 22.8 Å². The monoisotopic (exact) mass is 544 g/mol. The van der Waals surface area contributed by atoms with Crippen LogP contribution in [0, 0.1) is 0 Å². The number of fused-ring (bicyclic) bond motifs is 1. The summed E-state index contributed by atoms with van der Waals surface area (Å²) in [4.78, 5) is 28.4. The summed E-state index contributed by atoms with van der Waals surface area (Å²) in [6, 6.07) is 9.63. The zero-order valence-electron chi connectivity index (χ0n) is 21.3. The van der Waals surface area contributed by atoms with Gasteiger partial charge in [0.25, 0.3) is 11.8 Å². The van der Waals surface area contributed by atoms with E-state index in [1.165, 1.54) is 32.4 Å². The SMILES string of the molecule is COc1ccc(C(=O)N2CCC(NC(=O)c3ccccc3OC(F)(F)F)c3c2cnn3C2CCC2)cc1OC. The van der Waals surface area contributed by atoms with Crippen molar-refractivity contribution in [2.24, 2.45) is 0 Å². The minimum absolute atomic E-state index is 0.116. The zero-order valence-corrected chi connectivity index (χ0v) is 21.3. The van der Waals surface area contributed by atoms with Gasteiger partial charge in [-0.1, -0.05) is 12.1 Å². The molecular weight excluding hydrogens is 517 g/mol. The Balaban J connectivity index is 1.45. The molecule has 1 fully saturated rings. The molecule has 1 atom stereocenters. The number of para-hydroxylation sites is 1. The first-order valence-corrected chi connectivity index (χ1v) is 12.5. The summed E-state index contributed by atoms with van der Waals surface area (Å²) in [7, 11) is 2.99. The molecule has 0 spiro atoms. The lowest BCUT2D eigenvalue weighted by Gasteiger charge is -2.36. The van der Waals surface area contributed by atoms with Gasteiger partial charge in [0.1, 0.15) is 5.75 Å². The number of carbonyl (C=O) groups is 2. The van der Waals surface area contributed by atoms with Crippen molar-refractivity contribution in [3.05, 3.63) is 65.5 Å². The van der Waals surface area contributed by atoms with Crippen LogP contribution in [0.1, 0.15) is 64.2 Å². The standard InChI is InChI=1S/C27H27F3N4O5/c1-37-22-11-10-16(14-23(22)38-2)26(36)33-13-12-19(24-20(33)15-31-34(24)17-6-5-7-17)32-25(35)18-8-3-4-9-21(18)39-27(28,29)30/h3-4,8-11,14-15,17,19H,5-7,12-13H2,1-2H3,(H,32,35). The second kappa shape index (κ2) is 10.5. The molecule has 2 heterocycles. The Kier molecular flexibility index (Phi) is 7.11. The van der Waals surface area contributed by atoms with Crippen molar-refractivity contribution in [3.8, 4) is 17.2 Å². The van der Waals surface area contributed by atoms with Gasteiger partial charge in [-0.05, 0) is 56.0 Å². The van der Waals surface area contributed by atoms with E-state index in [4.69, 9.17) is 9.47 Å². The number of methoxy groups -OCH3 is 2. The van der Waals surface area contributed by atoms with Crippen LogP contribution in [0.4, 0.5) is 18.9 Å². The summed E-state index contributed by atoms with van der Waals surface area (Å²) in [5.74, 6) is -0.679. The number of rotatable bonds is 7. The Labute approximate surface area is 222 Å². The second-order valence-corrected chi connectivity index (χ2v) is 9.33. The van der Waals surface area contributed by atoms with Crippen LogP contribution in [0.15, 0.2) is 48.7 Å². The Hall–Kier alpha value is -4.22. The molecule has 3 aromatic rings. The highest BCUT2D eigenvalue weighted by atomic mass is 19.4. The van der Waals surface area contributed by atoms with Crippen molar-refractivity contribution in [2.45, 2.75) is 44.1 Å². The number of hydrogen-bond donors (Lipinski definition) is 1. The molecule has 1 saturated carbocycles. The fourth-order valence-corrected chi connectivity index (χ4v) is 4.93. The Morgan fingerprint density at radius 2 is 1.74 bits per heavy atom. The molecule has 1 unspecified atom stereocenters. The number of alkyl halides is 3. The van der Waals surface area contributed by atoms with Crippen molar-refractivity contribution in [1.29, 1.82) is 0 Å². The van der Waals surface area contributed by atoms with Crippen LogP contribution in [0.25, 0.3) is 0 Å². The van der Waals surface area contributed by atoms with Crippen molar-refractivity contribution < 1.29 is 37.0 Å². The molecule has 1 N–H and O–H groups in total. The molecule has 9 nitrogen and oxygen atoms in total. The fourth-order valence-electron chi connectivity index (χ4n) is 4.93. The van der Waals surface area contributed by atoms with E-state index in [1.54, 1.807) is 29.3 Å². The largest absolute Gasteiger partial charge is 0.573 e. The van der Waals surface area contributed by atoms with Crippen molar-refractivity contribution in [1.82, 2.24) is 15.1 Å². The van der Waals surface area contributed by atoms with E-state index in [-0.39, 0.29) is 24.1 Å². The van der Waals surface area contributed by atoms with Crippen molar-refractivity contribution in [3.63, 3.8) is 0 Å². The quantitative estimate of drug-likeness (QED) is 0.448. The number of carbonyl (C=O) groups excluding carboxylic acids is 2. The van der Waals surface area contributed by atoms with Gasteiger partial charge in [-0.15, -0.1) is 13.2 Å². The smallest absolute Gasteiger partial charge is 0.493 e. The highest BCUT2D eigenvalue weighted by molar-refractivity contribution is 6.07. The second-order valence-electron chi connectivity index (χ2n) is 9.33. The number of halogens is 3. The lowest BCUT2D eigenvalue weighted by atomic mass is 9.92. The van der Waals surface area contributed by atoms with Gasteiger partial charge in [0.2, 0.25) is 0 Å². The highest BCUT2D eigenvalue weighted by Gasteiger charge is 2.38. The minimum Gasteiger partial charge on any atom is -0.493 e. The summed E-state index contributed by atoms with van der Waals surface area (Å²) in [6.45, 7) is 0.252. The maximum absolute atomic E-state index is 13.6. The fraction of sp³-hybridized carbons (Fsp3) is 0.370. The van der Waals surface area contributed by atoms with Gasteiger partial charge in [-0.3, -0.25) is 14.3 Å². The number of nitrogens with zero attached hydrogens (tertiary/aromatic N) is 3. The topological polar surface area (TPSA) is 94.9 Å². The molecule has 2 amide bonds. The maximum Gasteiger partial charge on any atom is 0.573 e. The molecule has 12 heteroatoms. The first-order valence-electron chi connectivity index (χ1n) is 12.5. The summed E-state index contributed by atoms with van der Waals surface area (Å²) in [5, 5.41) is 7.41. The zero-order chi connectivity index (χ0) is 27.7. The van der Waals surface area contributed by atoms with E-state index >= 15 is 0 Å². The molecule has 1 aromatic heterocycles. The molecular formula is C27H27F3N4O5. The number of amides is 2. The van der Waals surface area contributed by atoms with Crippen molar-refractivity contribution >= 4 is 17.5 Å². The molecule has 39 heavy (non-hydrogen) atoms. The van der Waals surface area contributed by atoms with Crippen LogP contribution in [-0.4, -0.2) is 48.7 Å². The third-order valence-electron chi connectivity index (χ3n) is 7.03. The van der Waals surface area contributed by atoms with Crippen LogP contribution in [0.2, 0.25) is 0 Å². The van der Waals surface area contributed by atoms with Crippen LogP contribution >= 0.6 is 0 Å². The maximum atomic E-state index is 13.6. The minimum atomic E-state index is -4.94. The Bertz CT molecular complexity index is 1390. The molecule has 0 radical (unpaired) electrons. The highest BCUT2D eigenvalue weighted by Crippen LogP contribution is 2.41. The van der Waals surface area contributed by atoms with E-state index < -0.39 is 24.1 Å². The summed E-state index contributed by atoms with van der Waals surface area (Å²) in [6.07, 6.45) is -0.167. The predicted octanol–water partition coefficient (Wildman–Crippen LogP) is 5.05. The number of hydrogen-bond acceptors (Lipinski definition) is 6. The van der Waals surface area contributed by atoms with Crippen LogP contribution in [-0.2, 0) is 0 Å². The number of anilines is 1. The average Bonchev–Trinajstić information content (AvgIpc) is 3.31. The molecule has 5 rings (SSSR count). The third kappa shape index (κ3) is 5.23. The van der Waals surface area contributed by atoms with Gasteiger partial charge in [-0.25, -0.2) is 0 Å². The van der Waals surface area contributed by atoms with E-state index in [1.807, 2.05) is 4.68 Å². The third-order valence-corrected chi connectivity index (χ3v) is 7.03. The van der Waals surface area contributed by atoms with Gasteiger partial charge in [0.15, 0.2) is 11.5 Å². The molecule has 2 aliphatic rings. The first kappa shape index (κ1) is 26.4. The molecule has 206 valence electrons. The van der Waals surface area contributed by atoms with Gasteiger partial charge in [0, 0.05) is 12.1 Å². The number of aromatic nitrogens is 2. The average molecular weight is 545 g/mol. The Morgan fingerprint density at radius 3 is 2.41 bits per heavy atom. The molecule has 2 aromatic carbocycles. The first-order chi connectivity index (χ1) is 18.7. The summed E-state index contributed by atoms with van der Waals surface area (Å²) in [5.41, 5.74) is 1.33. The van der Waals surface area contributed by atoms with Gasteiger partial charge >= 0.3 is 6.36 Å². The number of ether oxygens (including phenoxy) is 3. The summed E-state index contributed by atoms with van der Waals surface area (Å²) >= 11 is 0. The van der Waals surface area contributed by atoms with Crippen molar-refractivity contribution in [2.75, 3.05) is 25.7 Å². The van der Waals surface area contributed by atoms with E-state index in [0.717, 1.165) is 25.3 Å². The molecule has 0 saturated heterocycles. The summed E-state index contributed by atoms with van der Waals surface area (Å²) < 4.78 is 55.3. The van der Waals surface area contributed by atoms with Crippen LogP contribution < -0.4 is 24.4 Å². The molecule has 0 bridgehead atoms. The van der Waals surface area contributed by atoms with Gasteiger partial charge in [0.05, 0.1) is 49.4 Å². The van der Waals surface area contributed by atoms with E-state index in [0.29, 0.717) is 34.9 Å².